The molecule has 0 radical (unpaired) electrons. The summed E-state index contributed by atoms with van der Waals surface area (Å²) >= 11 is 0. The van der Waals surface area contributed by atoms with E-state index in [9.17, 15) is 9.90 Å². The van der Waals surface area contributed by atoms with E-state index in [2.05, 4.69) is 0 Å². The number of amides is 1. The molecule has 1 unspecified atom stereocenters. The third-order valence-electron chi connectivity index (χ3n) is 3.37. The molecule has 0 bridgehead atoms. The molecule has 2 rings (SSSR count). The molecule has 1 aliphatic rings. The predicted molar refractivity (Wildman–Crippen MR) is 63.3 cm³/mol. The van der Waals surface area contributed by atoms with Crippen LogP contribution in [0, 0.1) is 0 Å². The fraction of sp³-hybridized carbons (Fsp3) is 0.462. The second-order valence-corrected chi connectivity index (χ2v) is 4.35. The molecule has 0 spiro atoms. The Balaban J connectivity index is 2.14. The number of aliphatic hydroxyl groups excluding tert-OH is 1. The van der Waals surface area contributed by atoms with E-state index in [-0.39, 0.29) is 18.2 Å². The van der Waals surface area contributed by atoms with Gasteiger partial charge in [-0.05, 0) is 17.5 Å². The van der Waals surface area contributed by atoms with Crippen LogP contribution in [0.4, 0.5) is 0 Å². The van der Waals surface area contributed by atoms with Crippen molar-refractivity contribution in [3.63, 3.8) is 0 Å². The van der Waals surface area contributed by atoms with E-state index in [1.807, 2.05) is 24.3 Å². The van der Waals surface area contributed by atoms with E-state index in [4.69, 9.17) is 4.84 Å². The lowest BCUT2D eigenvalue weighted by atomic mass is 9.96. The Kier molecular flexibility index (Phi) is 3.45. The van der Waals surface area contributed by atoms with Crippen molar-refractivity contribution >= 4 is 5.91 Å². The number of hydroxylamine groups is 2. The molecular weight excluding hydrogens is 218 g/mol. The van der Waals surface area contributed by atoms with Gasteiger partial charge >= 0.3 is 0 Å². The summed E-state index contributed by atoms with van der Waals surface area (Å²) in [6.07, 6.45) is 0.439. The zero-order valence-electron chi connectivity index (χ0n) is 10.1. The molecule has 92 valence electrons. The summed E-state index contributed by atoms with van der Waals surface area (Å²) < 4.78 is 0. The van der Waals surface area contributed by atoms with Crippen LogP contribution in [0.5, 0.6) is 0 Å². The van der Waals surface area contributed by atoms with E-state index >= 15 is 0 Å². The van der Waals surface area contributed by atoms with Gasteiger partial charge in [0.05, 0.1) is 13.2 Å². The molecule has 4 heteroatoms. The van der Waals surface area contributed by atoms with Crippen LogP contribution in [0.1, 0.15) is 23.5 Å². The van der Waals surface area contributed by atoms with Gasteiger partial charge in [-0.1, -0.05) is 24.3 Å². The Bertz CT molecular complexity index is 419. The lowest BCUT2D eigenvalue weighted by Gasteiger charge is -2.19. The number of aliphatic hydroxyl groups is 1. The van der Waals surface area contributed by atoms with Crippen LogP contribution in [-0.2, 0) is 16.1 Å². The molecule has 2 atom stereocenters. The molecular formula is C13H17NO3. The van der Waals surface area contributed by atoms with E-state index in [1.165, 1.54) is 12.2 Å². The maximum Gasteiger partial charge on any atom is 0.246 e. The average Bonchev–Trinajstić information content (AvgIpc) is 2.65. The monoisotopic (exact) mass is 235 g/mol. The molecule has 4 nitrogen and oxygen atoms in total. The minimum absolute atomic E-state index is 0.115. The van der Waals surface area contributed by atoms with Crippen molar-refractivity contribution in [1.82, 2.24) is 5.06 Å². The second kappa shape index (κ2) is 4.85. The lowest BCUT2D eigenvalue weighted by molar-refractivity contribution is -0.169. The summed E-state index contributed by atoms with van der Waals surface area (Å²) in [5.74, 6) is -0.232. The van der Waals surface area contributed by atoms with Gasteiger partial charge in [-0.2, -0.15) is 0 Å². The van der Waals surface area contributed by atoms with Crippen LogP contribution < -0.4 is 0 Å². The molecule has 17 heavy (non-hydrogen) atoms. The topological polar surface area (TPSA) is 49.8 Å². The highest BCUT2D eigenvalue weighted by atomic mass is 16.7. The highest BCUT2D eigenvalue weighted by molar-refractivity contribution is 5.76. The minimum atomic E-state index is -0.471. The van der Waals surface area contributed by atoms with Crippen molar-refractivity contribution in [2.45, 2.75) is 24.9 Å². The van der Waals surface area contributed by atoms with Crippen LogP contribution in [0.2, 0.25) is 0 Å². The fourth-order valence-corrected chi connectivity index (χ4v) is 2.32. The molecule has 0 aliphatic heterocycles. The van der Waals surface area contributed by atoms with Gasteiger partial charge < -0.3 is 5.11 Å². The first-order chi connectivity index (χ1) is 8.13. The zero-order chi connectivity index (χ0) is 12.4. The van der Waals surface area contributed by atoms with Gasteiger partial charge in [0.2, 0.25) is 5.91 Å². The van der Waals surface area contributed by atoms with Gasteiger partial charge in [0.1, 0.15) is 0 Å². The van der Waals surface area contributed by atoms with E-state index < -0.39 is 6.10 Å². The number of fused-ring (bicyclic) bond motifs is 1. The Morgan fingerprint density at radius 3 is 2.94 bits per heavy atom. The molecule has 1 aromatic rings. The summed E-state index contributed by atoms with van der Waals surface area (Å²) in [5, 5.41) is 11.2. The van der Waals surface area contributed by atoms with Gasteiger partial charge in [-0.25, -0.2) is 5.06 Å². The Labute approximate surface area is 101 Å². The molecule has 0 saturated heterocycles. The average molecular weight is 235 g/mol. The first-order valence-electron chi connectivity index (χ1n) is 5.70. The molecule has 0 aromatic heterocycles. The standard InChI is InChI=1S/C13H17NO3/c1-14(17-2)13(16)8-11-10-6-4-3-5-9(10)7-12(11)15/h3-6,11-12,15H,7-8H2,1-2H3/t11-,12?/m0/s1. The molecule has 1 aromatic carbocycles. The number of carbonyl (C=O) groups excluding carboxylic acids is 1. The molecule has 1 amide bonds. The summed E-state index contributed by atoms with van der Waals surface area (Å²) in [4.78, 5) is 16.6. The number of benzene rings is 1. The summed E-state index contributed by atoms with van der Waals surface area (Å²) in [5.41, 5.74) is 2.22. The first-order valence-corrected chi connectivity index (χ1v) is 5.70. The van der Waals surface area contributed by atoms with Crippen LogP contribution in [0.25, 0.3) is 0 Å². The minimum Gasteiger partial charge on any atom is -0.392 e. The number of hydrogen-bond acceptors (Lipinski definition) is 3. The number of nitrogens with zero attached hydrogens (tertiary/aromatic N) is 1. The molecule has 1 N–H and O–H groups in total. The Hall–Kier alpha value is -1.39. The van der Waals surface area contributed by atoms with Crippen LogP contribution in [-0.4, -0.2) is 36.3 Å². The lowest BCUT2D eigenvalue weighted by Crippen LogP contribution is -2.29. The van der Waals surface area contributed by atoms with Crippen molar-refractivity contribution in [3.05, 3.63) is 35.4 Å². The molecule has 0 heterocycles. The zero-order valence-corrected chi connectivity index (χ0v) is 10.1. The number of carbonyl (C=O) groups is 1. The van der Waals surface area contributed by atoms with Crippen LogP contribution in [0.3, 0.4) is 0 Å². The quantitative estimate of drug-likeness (QED) is 0.798. The van der Waals surface area contributed by atoms with Crippen molar-refractivity contribution in [1.29, 1.82) is 0 Å². The van der Waals surface area contributed by atoms with Crippen LogP contribution >= 0.6 is 0 Å². The Morgan fingerprint density at radius 1 is 1.53 bits per heavy atom. The van der Waals surface area contributed by atoms with Crippen molar-refractivity contribution in [2.24, 2.45) is 0 Å². The summed E-state index contributed by atoms with van der Waals surface area (Å²) in [7, 11) is 3.03. The Morgan fingerprint density at radius 2 is 2.24 bits per heavy atom. The summed E-state index contributed by atoms with van der Waals surface area (Å²) in [6.45, 7) is 0. The fourth-order valence-electron chi connectivity index (χ4n) is 2.32. The van der Waals surface area contributed by atoms with Gasteiger partial charge in [0.15, 0.2) is 0 Å². The normalized spacial score (nSPS) is 22.3. The third kappa shape index (κ3) is 2.33. The highest BCUT2D eigenvalue weighted by Gasteiger charge is 2.32. The van der Waals surface area contributed by atoms with Crippen molar-refractivity contribution < 1.29 is 14.7 Å². The van der Waals surface area contributed by atoms with Crippen molar-refractivity contribution in [2.75, 3.05) is 14.2 Å². The molecule has 0 saturated carbocycles. The maximum atomic E-state index is 11.8. The predicted octanol–water partition coefficient (Wildman–Crippen LogP) is 1.10. The molecule has 1 aliphatic carbocycles. The maximum absolute atomic E-state index is 11.8. The van der Waals surface area contributed by atoms with Gasteiger partial charge in [-0.3, -0.25) is 9.63 Å². The van der Waals surface area contributed by atoms with Crippen molar-refractivity contribution in [3.8, 4) is 0 Å². The smallest absolute Gasteiger partial charge is 0.246 e. The number of rotatable bonds is 3. The van der Waals surface area contributed by atoms with Gasteiger partial charge in [0, 0.05) is 19.4 Å². The van der Waals surface area contributed by atoms with Gasteiger partial charge in [-0.15, -0.1) is 0 Å². The summed E-state index contributed by atoms with van der Waals surface area (Å²) in [6, 6.07) is 7.88. The van der Waals surface area contributed by atoms with Gasteiger partial charge in [0.25, 0.3) is 0 Å². The second-order valence-electron chi connectivity index (χ2n) is 4.35. The first kappa shape index (κ1) is 12.1. The molecule has 0 fully saturated rings. The van der Waals surface area contributed by atoms with Crippen LogP contribution in [0.15, 0.2) is 24.3 Å². The van der Waals surface area contributed by atoms with E-state index in [0.717, 1.165) is 11.1 Å². The SMILES string of the molecule is CON(C)C(=O)C[C@H]1c2ccccc2CC1O. The number of hydrogen-bond donors (Lipinski definition) is 1. The third-order valence-corrected chi connectivity index (χ3v) is 3.37. The highest BCUT2D eigenvalue weighted by Crippen LogP contribution is 2.35. The largest absolute Gasteiger partial charge is 0.392 e. The van der Waals surface area contributed by atoms with E-state index in [1.54, 1.807) is 7.05 Å². The van der Waals surface area contributed by atoms with E-state index in [0.29, 0.717) is 6.42 Å².